The lowest BCUT2D eigenvalue weighted by Crippen LogP contribution is -2.18. The van der Waals surface area contributed by atoms with Crippen LogP contribution in [0.2, 0.25) is 5.02 Å². The minimum Gasteiger partial charge on any atom is -0.760 e. The Morgan fingerprint density at radius 3 is 2.88 bits per heavy atom. The molecule has 136 valence electrons. The van der Waals surface area contributed by atoms with Gasteiger partial charge in [-0.2, -0.15) is 0 Å². The molecule has 1 heterocycles. The molecule has 25 heavy (non-hydrogen) atoms. The number of ether oxygens (including phenoxy) is 1. The number of carbonyl (C=O) groups excluding carboxylic acids is 1. The molecule has 0 spiro atoms. The summed E-state index contributed by atoms with van der Waals surface area (Å²) >= 11 is 6.92. The number of esters is 1. The molecule has 0 aliphatic carbocycles. The van der Waals surface area contributed by atoms with Crippen LogP contribution in [0.15, 0.2) is 28.7 Å². The Morgan fingerprint density at radius 1 is 1.56 bits per heavy atom. The van der Waals surface area contributed by atoms with E-state index in [1.165, 1.54) is 6.92 Å². The fourth-order valence-corrected chi connectivity index (χ4v) is 3.10. The van der Waals surface area contributed by atoms with Gasteiger partial charge in [0.1, 0.15) is 0 Å². The van der Waals surface area contributed by atoms with Crippen molar-refractivity contribution in [2.45, 2.75) is 18.2 Å². The van der Waals surface area contributed by atoms with Gasteiger partial charge in [-0.15, -0.1) is 0 Å². The highest BCUT2D eigenvalue weighted by molar-refractivity contribution is 9.09. The van der Waals surface area contributed by atoms with Crippen LogP contribution < -0.4 is 9.46 Å². The van der Waals surface area contributed by atoms with Crippen molar-refractivity contribution >= 4 is 44.8 Å². The molecule has 2 unspecified atom stereocenters. The summed E-state index contributed by atoms with van der Waals surface area (Å²) in [7, 11) is 0. The molecule has 1 aromatic carbocycles. The summed E-state index contributed by atoms with van der Waals surface area (Å²) in [5.41, 5.74) is 0.503. The van der Waals surface area contributed by atoms with E-state index >= 15 is 0 Å². The zero-order chi connectivity index (χ0) is 18.6. The Balaban J connectivity index is 2.38. The van der Waals surface area contributed by atoms with Crippen LogP contribution in [-0.2, 0) is 16.1 Å². The number of alkyl halides is 1. The molecular formula is C15H14BrClNO6S-. The Kier molecular flexibility index (Phi) is 7.03. The molecule has 0 aliphatic rings. The largest absolute Gasteiger partial charge is 0.760 e. The first-order chi connectivity index (χ1) is 11.8. The second kappa shape index (κ2) is 8.81. The van der Waals surface area contributed by atoms with E-state index in [1.807, 2.05) is 0 Å². The summed E-state index contributed by atoms with van der Waals surface area (Å²) in [5.74, 6) is -0.821. The molecule has 2 N–H and O–H groups in total. The van der Waals surface area contributed by atoms with Crippen LogP contribution >= 0.6 is 27.5 Å². The van der Waals surface area contributed by atoms with Crippen LogP contribution in [0.5, 0.6) is 11.5 Å². The number of nitrogens with one attached hydrogen (secondary N) is 1. The lowest BCUT2D eigenvalue weighted by Gasteiger charge is -2.11. The predicted molar refractivity (Wildman–Crippen MR) is 95.3 cm³/mol. The fraction of sp³-hybridized carbons (Fsp3) is 0.267. The van der Waals surface area contributed by atoms with Gasteiger partial charge in [-0.3, -0.25) is 9.00 Å². The second-order valence-corrected chi connectivity index (χ2v) is 7.26. The second-order valence-electron chi connectivity index (χ2n) is 4.96. The number of carbonyl (C=O) groups is 1. The number of benzene rings is 1. The fourth-order valence-electron chi connectivity index (χ4n) is 2.10. The van der Waals surface area contributed by atoms with Crippen LogP contribution in [0.4, 0.5) is 0 Å². The maximum Gasteiger partial charge on any atom is 0.308 e. The van der Waals surface area contributed by atoms with Crippen LogP contribution in [0.3, 0.4) is 0 Å². The zero-order valence-corrected chi connectivity index (χ0v) is 16.1. The quantitative estimate of drug-likeness (QED) is 0.379. The molecule has 0 saturated heterocycles. The third-order valence-electron chi connectivity index (χ3n) is 3.10. The molecular weight excluding hydrogens is 438 g/mol. The molecule has 1 aromatic heterocycles. The smallest absolute Gasteiger partial charge is 0.308 e. The van der Waals surface area contributed by atoms with Gasteiger partial charge in [-0.25, -0.2) is 4.72 Å². The van der Waals surface area contributed by atoms with Crippen molar-refractivity contribution in [2.24, 2.45) is 0 Å². The van der Waals surface area contributed by atoms with E-state index in [-0.39, 0.29) is 29.6 Å². The summed E-state index contributed by atoms with van der Waals surface area (Å²) in [6.45, 7) is 1.32. The van der Waals surface area contributed by atoms with Crippen molar-refractivity contribution in [2.75, 3.05) is 6.54 Å². The molecule has 0 fully saturated rings. The minimum atomic E-state index is -2.39. The first-order valence-corrected chi connectivity index (χ1v) is 9.43. The molecule has 2 aromatic rings. The topological polar surface area (TPSA) is 112 Å². The van der Waals surface area contributed by atoms with Gasteiger partial charge in [-0.05, 0) is 18.6 Å². The average Bonchev–Trinajstić information content (AvgIpc) is 2.83. The number of hydrogen-bond acceptors (Lipinski definition) is 6. The van der Waals surface area contributed by atoms with E-state index in [2.05, 4.69) is 20.7 Å². The van der Waals surface area contributed by atoms with Crippen LogP contribution in [-0.4, -0.2) is 26.4 Å². The van der Waals surface area contributed by atoms with Crippen molar-refractivity contribution in [1.29, 1.82) is 0 Å². The van der Waals surface area contributed by atoms with Gasteiger partial charge in [-0.1, -0.05) is 39.7 Å². The summed E-state index contributed by atoms with van der Waals surface area (Å²) in [4.78, 5) is 10.8. The van der Waals surface area contributed by atoms with Gasteiger partial charge >= 0.3 is 5.97 Å². The van der Waals surface area contributed by atoms with E-state index in [0.717, 1.165) is 0 Å². The molecule has 0 radical (unpaired) electrons. The van der Waals surface area contributed by atoms with Gasteiger partial charge in [0.15, 0.2) is 11.5 Å². The van der Waals surface area contributed by atoms with Crippen molar-refractivity contribution in [3.05, 3.63) is 35.0 Å². The van der Waals surface area contributed by atoms with E-state index in [9.17, 15) is 18.7 Å². The molecule has 10 heteroatoms. The normalized spacial score (nSPS) is 13.4. The highest BCUT2D eigenvalue weighted by Gasteiger charge is 2.28. The standard InChI is InChI=1S/C15H15BrClNO6S/c1-8(19)23-15-12(20)13(9-3-2-4-10(17)7-9)24-14(15)11(16)5-6-18-25(21)22/h2-4,7,11,18,20H,5-6H2,1H3,(H,21,22)/p-1. The van der Waals surface area contributed by atoms with Gasteiger partial charge in [0.25, 0.3) is 0 Å². The summed E-state index contributed by atoms with van der Waals surface area (Å²) in [5, 5.41) is 10.9. The predicted octanol–water partition coefficient (Wildman–Crippen LogP) is 3.44. The molecule has 0 amide bonds. The summed E-state index contributed by atoms with van der Waals surface area (Å²) < 4.78 is 34.1. The number of aromatic hydroxyl groups is 1. The van der Waals surface area contributed by atoms with Gasteiger partial charge in [0, 0.05) is 35.3 Å². The first-order valence-electron chi connectivity index (χ1n) is 7.06. The lowest BCUT2D eigenvalue weighted by atomic mass is 10.1. The average molecular weight is 452 g/mol. The maximum atomic E-state index is 11.3. The van der Waals surface area contributed by atoms with E-state index < -0.39 is 22.1 Å². The molecule has 0 saturated carbocycles. The highest BCUT2D eigenvalue weighted by Crippen LogP contribution is 2.48. The molecule has 7 nitrogen and oxygen atoms in total. The number of furan rings is 1. The number of halogens is 2. The minimum absolute atomic E-state index is 0.0959. The molecule has 0 aliphatic heterocycles. The van der Waals surface area contributed by atoms with Crippen molar-refractivity contribution in [1.82, 2.24) is 4.72 Å². The SMILES string of the molecule is CC(=O)Oc1c(C(Br)CCNS(=O)[O-])oc(-c2cccc(Cl)c2)c1O. The van der Waals surface area contributed by atoms with Crippen molar-refractivity contribution < 1.29 is 27.8 Å². The van der Waals surface area contributed by atoms with Gasteiger partial charge < -0.3 is 18.8 Å². The molecule has 2 rings (SSSR count). The maximum absolute atomic E-state index is 11.3. The summed E-state index contributed by atoms with van der Waals surface area (Å²) in [6, 6.07) is 6.62. The number of rotatable bonds is 7. The molecule has 2 atom stereocenters. The Hall–Kier alpha value is -1.39. The summed E-state index contributed by atoms with van der Waals surface area (Å²) in [6.07, 6.45) is 0.296. The van der Waals surface area contributed by atoms with E-state index in [0.29, 0.717) is 17.0 Å². The van der Waals surface area contributed by atoms with Gasteiger partial charge in [0.2, 0.25) is 11.5 Å². The van der Waals surface area contributed by atoms with Gasteiger partial charge in [0.05, 0.1) is 4.83 Å². The first kappa shape index (κ1) is 19.9. The Bertz CT molecular complexity index is 796. The number of hydrogen-bond donors (Lipinski definition) is 2. The third kappa shape index (κ3) is 5.29. The molecule has 0 bridgehead atoms. The monoisotopic (exact) mass is 450 g/mol. The van der Waals surface area contributed by atoms with E-state index in [4.69, 9.17) is 20.8 Å². The Morgan fingerprint density at radius 2 is 2.28 bits per heavy atom. The third-order valence-corrected chi connectivity index (χ3v) is 4.65. The van der Waals surface area contributed by atoms with E-state index in [1.54, 1.807) is 24.3 Å². The van der Waals surface area contributed by atoms with Crippen molar-refractivity contribution in [3.63, 3.8) is 0 Å². The Labute approximate surface area is 159 Å². The highest BCUT2D eigenvalue weighted by atomic mass is 79.9. The van der Waals surface area contributed by atoms with Crippen LogP contribution in [0, 0.1) is 0 Å². The lowest BCUT2D eigenvalue weighted by molar-refractivity contribution is -0.132. The van der Waals surface area contributed by atoms with Crippen LogP contribution in [0.25, 0.3) is 11.3 Å². The van der Waals surface area contributed by atoms with Crippen molar-refractivity contribution in [3.8, 4) is 22.8 Å². The zero-order valence-electron chi connectivity index (χ0n) is 13.0. The van der Waals surface area contributed by atoms with Crippen LogP contribution in [0.1, 0.15) is 23.9 Å².